The third-order valence-electron chi connectivity index (χ3n) is 2.29. The van der Waals surface area contributed by atoms with E-state index in [2.05, 4.69) is 4.98 Å². The van der Waals surface area contributed by atoms with Crippen LogP contribution in [0.3, 0.4) is 0 Å². The van der Waals surface area contributed by atoms with E-state index in [0.29, 0.717) is 6.07 Å². The monoisotopic (exact) mass is 259 g/mol. The Bertz CT molecular complexity index is 765. The van der Waals surface area contributed by atoms with Gasteiger partial charge in [0, 0.05) is 23.9 Å². The molecule has 17 heavy (non-hydrogen) atoms. The van der Waals surface area contributed by atoms with Gasteiger partial charge < -0.3 is 4.98 Å². The quantitative estimate of drug-likeness (QED) is 0.837. The Balaban J connectivity index is 2.95. The molecule has 1 heterocycles. The molecule has 0 saturated heterocycles. The predicted molar refractivity (Wildman–Crippen MR) is 57.6 cm³/mol. The first kappa shape index (κ1) is 11.7. The summed E-state index contributed by atoms with van der Waals surface area (Å²) in [6, 6.07) is 1.48. The standard InChI is InChI=1S/C10H7F2NO3S/c1-17(15,16)9-4-13-8-3-7(12)6(11)2-5(8)10(9)14/h2-4H,1H3,(H,13,14). The molecular weight excluding hydrogens is 252 g/mol. The van der Waals surface area contributed by atoms with Gasteiger partial charge in [0.05, 0.1) is 5.52 Å². The van der Waals surface area contributed by atoms with Gasteiger partial charge in [-0.1, -0.05) is 0 Å². The molecule has 0 fully saturated rings. The lowest BCUT2D eigenvalue weighted by Gasteiger charge is -2.02. The smallest absolute Gasteiger partial charge is 0.208 e. The second kappa shape index (κ2) is 3.63. The number of nitrogens with one attached hydrogen (secondary N) is 1. The van der Waals surface area contributed by atoms with Crippen molar-refractivity contribution in [3.63, 3.8) is 0 Å². The van der Waals surface area contributed by atoms with Crippen LogP contribution in [0.15, 0.2) is 28.0 Å². The summed E-state index contributed by atoms with van der Waals surface area (Å²) in [5.74, 6) is -2.31. The molecule has 0 aliphatic rings. The second-order valence-electron chi connectivity index (χ2n) is 3.57. The van der Waals surface area contributed by atoms with E-state index in [1.807, 2.05) is 0 Å². The number of hydrogen-bond acceptors (Lipinski definition) is 3. The van der Waals surface area contributed by atoms with Crippen LogP contribution in [-0.4, -0.2) is 19.7 Å². The van der Waals surface area contributed by atoms with E-state index < -0.39 is 31.8 Å². The van der Waals surface area contributed by atoms with Gasteiger partial charge in [0.1, 0.15) is 4.90 Å². The average Bonchev–Trinajstić information content (AvgIpc) is 2.19. The molecule has 0 spiro atoms. The van der Waals surface area contributed by atoms with Crippen LogP contribution in [0, 0.1) is 11.6 Å². The van der Waals surface area contributed by atoms with Crippen molar-refractivity contribution in [3.05, 3.63) is 40.2 Å². The van der Waals surface area contributed by atoms with E-state index in [1.54, 1.807) is 0 Å². The van der Waals surface area contributed by atoms with E-state index in [4.69, 9.17) is 0 Å². The summed E-state index contributed by atoms with van der Waals surface area (Å²) in [6.45, 7) is 0. The number of pyridine rings is 1. The maximum Gasteiger partial charge on any atom is 0.208 e. The van der Waals surface area contributed by atoms with E-state index in [-0.39, 0.29) is 10.9 Å². The lowest BCUT2D eigenvalue weighted by Crippen LogP contribution is -2.15. The number of hydrogen-bond donors (Lipinski definition) is 1. The van der Waals surface area contributed by atoms with Crippen molar-refractivity contribution in [2.24, 2.45) is 0 Å². The van der Waals surface area contributed by atoms with Gasteiger partial charge in [-0.2, -0.15) is 0 Å². The van der Waals surface area contributed by atoms with Crippen LogP contribution in [0.2, 0.25) is 0 Å². The number of rotatable bonds is 1. The average molecular weight is 259 g/mol. The van der Waals surface area contributed by atoms with E-state index in [1.165, 1.54) is 0 Å². The fourth-order valence-electron chi connectivity index (χ4n) is 1.47. The third kappa shape index (κ3) is 1.93. The van der Waals surface area contributed by atoms with Gasteiger partial charge in [0.15, 0.2) is 21.5 Å². The summed E-state index contributed by atoms with van der Waals surface area (Å²) in [5.41, 5.74) is -0.804. The normalized spacial score (nSPS) is 11.9. The molecule has 2 aromatic rings. The molecule has 4 nitrogen and oxygen atoms in total. The predicted octanol–water partition coefficient (Wildman–Crippen LogP) is 1.21. The second-order valence-corrected chi connectivity index (χ2v) is 5.55. The highest BCUT2D eigenvalue weighted by molar-refractivity contribution is 7.90. The number of fused-ring (bicyclic) bond motifs is 1. The fraction of sp³-hybridized carbons (Fsp3) is 0.100. The summed E-state index contributed by atoms with van der Waals surface area (Å²) in [5, 5.41) is -0.202. The molecular formula is C10H7F2NO3S. The Kier molecular flexibility index (Phi) is 2.50. The first-order valence-corrected chi connectivity index (χ1v) is 6.40. The van der Waals surface area contributed by atoms with Crippen LogP contribution in [0.5, 0.6) is 0 Å². The molecule has 0 bridgehead atoms. The van der Waals surface area contributed by atoms with Gasteiger partial charge in [0.25, 0.3) is 0 Å². The van der Waals surface area contributed by atoms with E-state index >= 15 is 0 Å². The first-order valence-electron chi connectivity index (χ1n) is 4.51. The number of sulfone groups is 1. The Morgan fingerprint density at radius 3 is 2.35 bits per heavy atom. The van der Waals surface area contributed by atoms with Crippen molar-refractivity contribution in [1.82, 2.24) is 4.98 Å². The maximum absolute atomic E-state index is 13.0. The Hall–Kier alpha value is -1.76. The molecule has 1 N–H and O–H groups in total. The zero-order chi connectivity index (χ0) is 12.8. The van der Waals surface area contributed by atoms with Crippen LogP contribution in [0.4, 0.5) is 8.78 Å². The van der Waals surface area contributed by atoms with Crippen LogP contribution in [0.1, 0.15) is 0 Å². The number of halogens is 2. The van der Waals surface area contributed by atoms with Crippen molar-refractivity contribution in [2.45, 2.75) is 4.90 Å². The largest absolute Gasteiger partial charge is 0.360 e. The molecule has 0 saturated carbocycles. The summed E-state index contributed by atoms with van der Waals surface area (Å²) in [6.07, 6.45) is 1.83. The number of aromatic nitrogens is 1. The highest BCUT2D eigenvalue weighted by Crippen LogP contribution is 2.15. The molecule has 1 aromatic carbocycles. The molecule has 0 amide bonds. The van der Waals surface area contributed by atoms with Crippen molar-refractivity contribution >= 4 is 20.7 Å². The zero-order valence-electron chi connectivity index (χ0n) is 8.62. The van der Waals surface area contributed by atoms with Crippen LogP contribution < -0.4 is 5.43 Å². The van der Waals surface area contributed by atoms with Gasteiger partial charge in [-0.05, 0) is 6.07 Å². The maximum atomic E-state index is 13.0. The molecule has 2 rings (SSSR count). The molecule has 0 radical (unpaired) electrons. The minimum Gasteiger partial charge on any atom is -0.360 e. The first-order chi connectivity index (χ1) is 7.80. The molecule has 90 valence electrons. The molecule has 0 atom stereocenters. The van der Waals surface area contributed by atoms with Crippen molar-refractivity contribution in [2.75, 3.05) is 6.26 Å². The zero-order valence-corrected chi connectivity index (χ0v) is 9.44. The number of benzene rings is 1. The van der Waals surface area contributed by atoms with E-state index in [0.717, 1.165) is 18.5 Å². The summed E-state index contributed by atoms with van der Waals surface area (Å²) >= 11 is 0. The fourth-order valence-corrected chi connectivity index (χ4v) is 2.19. The number of H-pyrrole nitrogens is 1. The van der Waals surface area contributed by atoms with Gasteiger partial charge in [-0.25, -0.2) is 17.2 Å². The molecule has 0 aliphatic heterocycles. The molecule has 0 unspecified atom stereocenters. The lowest BCUT2D eigenvalue weighted by atomic mass is 10.2. The lowest BCUT2D eigenvalue weighted by molar-refractivity contribution is 0.510. The van der Waals surface area contributed by atoms with Gasteiger partial charge in [-0.15, -0.1) is 0 Å². The van der Waals surface area contributed by atoms with Crippen molar-refractivity contribution in [3.8, 4) is 0 Å². The Morgan fingerprint density at radius 2 is 1.76 bits per heavy atom. The van der Waals surface area contributed by atoms with Crippen molar-refractivity contribution in [1.29, 1.82) is 0 Å². The SMILES string of the molecule is CS(=O)(=O)c1c[nH]c2cc(F)c(F)cc2c1=O. The van der Waals surface area contributed by atoms with Crippen LogP contribution in [-0.2, 0) is 9.84 Å². The molecule has 7 heteroatoms. The van der Waals surface area contributed by atoms with Crippen LogP contribution >= 0.6 is 0 Å². The van der Waals surface area contributed by atoms with E-state index in [9.17, 15) is 22.0 Å². The highest BCUT2D eigenvalue weighted by Gasteiger charge is 2.16. The van der Waals surface area contributed by atoms with Gasteiger partial charge in [0.2, 0.25) is 5.43 Å². The van der Waals surface area contributed by atoms with Crippen molar-refractivity contribution < 1.29 is 17.2 Å². The highest BCUT2D eigenvalue weighted by atomic mass is 32.2. The Labute approximate surface area is 94.8 Å². The molecule has 1 aromatic heterocycles. The summed E-state index contributed by atoms with van der Waals surface area (Å²) in [7, 11) is -3.71. The topological polar surface area (TPSA) is 67.0 Å². The Morgan fingerprint density at radius 1 is 1.18 bits per heavy atom. The molecule has 0 aliphatic carbocycles. The third-order valence-corrected chi connectivity index (χ3v) is 3.39. The minimum atomic E-state index is -3.71. The minimum absolute atomic E-state index is 0.0429. The number of aromatic amines is 1. The summed E-state index contributed by atoms with van der Waals surface area (Å²) < 4.78 is 48.4. The van der Waals surface area contributed by atoms with Crippen LogP contribution in [0.25, 0.3) is 10.9 Å². The summed E-state index contributed by atoms with van der Waals surface area (Å²) in [4.78, 5) is 13.7. The van der Waals surface area contributed by atoms with Gasteiger partial charge in [-0.3, -0.25) is 4.79 Å². The van der Waals surface area contributed by atoms with Gasteiger partial charge >= 0.3 is 0 Å².